The minimum atomic E-state index is -0.0513. The van der Waals surface area contributed by atoms with Crippen molar-refractivity contribution in [2.24, 2.45) is 0 Å². The highest BCUT2D eigenvalue weighted by molar-refractivity contribution is 5.85. The van der Waals surface area contributed by atoms with Crippen LogP contribution in [0.25, 0.3) is 22.7 Å². The number of fused-ring (bicyclic) bond motifs is 1. The Balaban J connectivity index is 1.57. The van der Waals surface area contributed by atoms with E-state index in [1.165, 1.54) is 5.56 Å². The summed E-state index contributed by atoms with van der Waals surface area (Å²) in [6.07, 6.45) is 6.74. The molecular weight excluding hydrogens is 416 g/mol. The lowest BCUT2D eigenvalue weighted by molar-refractivity contribution is 0.297. The summed E-state index contributed by atoms with van der Waals surface area (Å²) in [6.45, 7) is 2.56. The van der Waals surface area contributed by atoms with Gasteiger partial charge >= 0.3 is 6.01 Å². The van der Waals surface area contributed by atoms with Crippen molar-refractivity contribution in [3.63, 3.8) is 0 Å². The molecule has 1 aromatic carbocycles. The van der Waals surface area contributed by atoms with Gasteiger partial charge in [0.2, 0.25) is 0 Å². The number of furan rings is 1. The molecule has 8 heteroatoms. The zero-order chi connectivity index (χ0) is 22.6. The summed E-state index contributed by atoms with van der Waals surface area (Å²) < 4.78 is 13.6. The molecule has 0 saturated heterocycles. The Labute approximate surface area is 191 Å². The van der Waals surface area contributed by atoms with Crippen molar-refractivity contribution in [1.82, 2.24) is 24.5 Å². The summed E-state index contributed by atoms with van der Waals surface area (Å²) in [4.78, 5) is 18.0. The first-order valence-corrected chi connectivity index (χ1v) is 10.9. The molecule has 166 valence electrons. The van der Waals surface area contributed by atoms with E-state index in [4.69, 9.17) is 24.9 Å². The molecule has 1 atom stereocenters. The highest BCUT2D eigenvalue weighted by atomic mass is 16.5. The van der Waals surface area contributed by atoms with Gasteiger partial charge < -0.3 is 14.9 Å². The van der Waals surface area contributed by atoms with Crippen LogP contribution in [0, 0.1) is 0 Å². The number of nitrogens with two attached hydrogens (primary N) is 1. The smallest absolute Gasteiger partial charge is 0.320 e. The number of nitrogens with zero attached hydrogens (tertiary/aromatic N) is 5. The van der Waals surface area contributed by atoms with Gasteiger partial charge in [-0.1, -0.05) is 37.3 Å². The second kappa shape index (κ2) is 9.12. The van der Waals surface area contributed by atoms with Gasteiger partial charge in [0.15, 0.2) is 28.6 Å². The first-order chi connectivity index (χ1) is 16.2. The number of pyridine rings is 1. The van der Waals surface area contributed by atoms with Crippen molar-refractivity contribution in [3.8, 4) is 17.6 Å². The average Bonchev–Trinajstić information content (AvgIpc) is 3.50. The van der Waals surface area contributed by atoms with E-state index in [1.807, 2.05) is 47.0 Å². The molecule has 5 aromatic rings. The van der Waals surface area contributed by atoms with Crippen LogP contribution < -0.4 is 10.5 Å². The number of hydrogen-bond acceptors (Lipinski definition) is 7. The lowest BCUT2D eigenvalue weighted by atomic mass is 10.1. The standard InChI is InChI=1S/C25H24N6O2/c1-2-19(18-10-13-27-14-11-18)31-23(20-9-6-15-32-20)28-21-22(26)29-25(30-24(21)31)33-16-12-17-7-4-3-5-8-17/h3-11,13-15,19H,2,12,16H2,1H3,(H2,26,29,30). The van der Waals surface area contributed by atoms with Crippen LogP contribution in [-0.4, -0.2) is 31.1 Å². The largest absolute Gasteiger partial charge is 0.463 e. The van der Waals surface area contributed by atoms with E-state index in [0.29, 0.717) is 29.4 Å². The fourth-order valence-electron chi connectivity index (χ4n) is 3.97. The molecule has 0 radical (unpaired) electrons. The fraction of sp³-hybridized carbons (Fsp3) is 0.200. The van der Waals surface area contributed by atoms with Crippen molar-refractivity contribution < 1.29 is 9.15 Å². The molecule has 2 N–H and O–H groups in total. The highest BCUT2D eigenvalue weighted by Crippen LogP contribution is 2.34. The number of nitrogen functional groups attached to an aromatic ring is 1. The molecule has 8 nitrogen and oxygen atoms in total. The highest BCUT2D eigenvalue weighted by Gasteiger charge is 2.25. The second-order valence-electron chi connectivity index (χ2n) is 7.64. The summed E-state index contributed by atoms with van der Waals surface area (Å²) in [5, 5.41) is 0. The predicted octanol–water partition coefficient (Wildman–Crippen LogP) is 4.68. The number of imidazole rings is 1. The first-order valence-electron chi connectivity index (χ1n) is 10.9. The lowest BCUT2D eigenvalue weighted by Gasteiger charge is -2.20. The zero-order valence-corrected chi connectivity index (χ0v) is 18.3. The summed E-state index contributed by atoms with van der Waals surface area (Å²) in [5.74, 6) is 1.54. The number of benzene rings is 1. The van der Waals surface area contributed by atoms with Gasteiger partial charge in [0, 0.05) is 18.8 Å². The molecule has 0 spiro atoms. The van der Waals surface area contributed by atoms with E-state index >= 15 is 0 Å². The second-order valence-corrected chi connectivity index (χ2v) is 7.64. The molecule has 0 aliphatic heterocycles. The molecule has 0 aliphatic rings. The van der Waals surface area contributed by atoms with Crippen molar-refractivity contribution >= 4 is 17.0 Å². The van der Waals surface area contributed by atoms with Crippen molar-refractivity contribution in [1.29, 1.82) is 0 Å². The lowest BCUT2D eigenvalue weighted by Crippen LogP contribution is -2.13. The minimum Gasteiger partial charge on any atom is -0.463 e. The average molecular weight is 441 g/mol. The molecule has 5 rings (SSSR count). The molecule has 0 fully saturated rings. The van der Waals surface area contributed by atoms with Gasteiger partial charge in [-0.05, 0) is 41.8 Å². The van der Waals surface area contributed by atoms with E-state index in [-0.39, 0.29) is 17.9 Å². The molecule has 0 saturated carbocycles. The zero-order valence-electron chi connectivity index (χ0n) is 18.3. The molecule has 0 aliphatic carbocycles. The van der Waals surface area contributed by atoms with Crippen LogP contribution in [0.4, 0.5) is 5.82 Å². The Bertz CT molecular complexity index is 1330. The van der Waals surface area contributed by atoms with Gasteiger partial charge in [0.25, 0.3) is 0 Å². The number of ether oxygens (including phenoxy) is 1. The van der Waals surface area contributed by atoms with Crippen LogP contribution in [-0.2, 0) is 6.42 Å². The van der Waals surface area contributed by atoms with Crippen LogP contribution in [0.15, 0.2) is 77.7 Å². The number of rotatable bonds is 8. The van der Waals surface area contributed by atoms with Crippen LogP contribution >= 0.6 is 0 Å². The quantitative estimate of drug-likeness (QED) is 0.373. The fourth-order valence-corrected chi connectivity index (χ4v) is 3.97. The third kappa shape index (κ3) is 4.15. The predicted molar refractivity (Wildman–Crippen MR) is 126 cm³/mol. The Kier molecular flexibility index (Phi) is 5.72. The monoisotopic (exact) mass is 440 g/mol. The van der Waals surface area contributed by atoms with Crippen LogP contribution in [0.2, 0.25) is 0 Å². The normalized spacial score (nSPS) is 12.2. The molecule has 0 amide bonds. The van der Waals surface area contributed by atoms with Gasteiger partial charge in [-0.15, -0.1) is 0 Å². The van der Waals surface area contributed by atoms with E-state index in [1.54, 1.807) is 18.7 Å². The molecule has 4 aromatic heterocycles. The summed E-state index contributed by atoms with van der Waals surface area (Å²) in [6, 6.07) is 18.0. The van der Waals surface area contributed by atoms with Crippen molar-refractivity contribution in [3.05, 3.63) is 84.4 Å². The number of hydrogen-bond donors (Lipinski definition) is 1. The molecule has 0 bridgehead atoms. The Hall–Kier alpha value is -4.20. The van der Waals surface area contributed by atoms with E-state index in [0.717, 1.165) is 18.4 Å². The van der Waals surface area contributed by atoms with Gasteiger partial charge in [0.05, 0.1) is 18.9 Å². The Morgan fingerprint density at radius 3 is 2.55 bits per heavy atom. The molecular formula is C25H24N6O2. The van der Waals surface area contributed by atoms with Gasteiger partial charge in [0.1, 0.15) is 0 Å². The number of aromatic nitrogens is 5. The van der Waals surface area contributed by atoms with Crippen molar-refractivity contribution in [2.45, 2.75) is 25.8 Å². The summed E-state index contributed by atoms with van der Waals surface area (Å²) in [7, 11) is 0. The third-order valence-electron chi connectivity index (χ3n) is 5.54. The van der Waals surface area contributed by atoms with Gasteiger partial charge in [-0.25, -0.2) is 4.98 Å². The van der Waals surface area contributed by atoms with Crippen LogP contribution in [0.1, 0.15) is 30.5 Å². The van der Waals surface area contributed by atoms with Crippen LogP contribution in [0.5, 0.6) is 6.01 Å². The van der Waals surface area contributed by atoms with Gasteiger partial charge in [-0.2, -0.15) is 9.97 Å². The molecule has 1 unspecified atom stereocenters. The maximum atomic E-state index is 6.31. The van der Waals surface area contributed by atoms with E-state index in [9.17, 15) is 0 Å². The summed E-state index contributed by atoms with van der Waals surface area (Å²) in [5.41, 5.74) is 9.70. The van der Waals surface area contributed by atoms with Gasteiger partial charge in [-0.3, -0.25) is 9.55 Å². The third-order valence-corrected chi connectivity index (χ3v) is 5.54. The summed E-state index contributed by atoms with van der Waals surface area (Å²) >= 11 is 0. The maximum Gasteiger partial charge on any atom is 0.320 e. The van der Waals surface area contributed by atoms with Crippen LogP contribution in [0.3, 0.4) is 0 Å². The Morgan fingerprint density at radius 2 is 1.82 bits per heavy atom. The topological polar surface area (TPSA) is 105 Å². The molecule has 4 heterocycles. The Morgan fingerprint density at radius 1 is 1.00 bits per heavy atom. The minimum absolute atomic E-state index is 0.0513. The van der Waals surface area contributed by atoms with E-state index < -0.39 is 0 Å². The maximum absolute atomic E-state index is 6.31. The molecule has 33 heavy (non-hydrogen) atoms. The van der Waals surface area contributed by atoms with Crippen molar-refractivity contribution in [2.75, 3.05) is 12.3 Å². The SMILES string of the molecule is CCC(c1ccncc1)n1c(-c2ccco2)nc2c(N)nc(OCCc3ccccc3)nc21. The number of anilines is 1. The first kappa shape index (κ1) is 20.7. The van der Waals surface area contributed by atoms with E-state index in [2.05, 4.69) is 29.0 Å².